The van der Waals surface area contributed by atoms with Gasteiger partial charge in [0.05, 0.1) is 19.8 Å². The van der Waals surface area contributed by atoms with Crippen LogP contribution >= 0.6 is 0 Å². The molecule has 2 rings (SSSR count). The van der Waals surface area contributed by atoms with E-state index in [4.69, 9.17) is 9.73 Å². The second-order valence-electron chi connectivity index (χ2n) is 8.42. The SMILES string of the molecule is CCNC(=NCC(C)(C)N1CCOCC1)NCC(C)N1CCCCC1C. The van der Waals surface area contributed by atoms with Gasteiger partial charge < -0.3 is 15.4 Å². The highest BCUT2D eigenvalue weighted by molar-refractivity contribution is 5.79. The van der Waals surface area contributed by atoms with Crippen LogP contribution in [0, 0.1) is 0 Å². The Morgan fingerprint density at radius 1 is 1.19 bits per heavy atom. The maximum absolute atomic E-state index is 5.48. The number of nitrogens with one attached hydrogen (secondary N) is 2. The maximum atomic E-state index is 5.48. The third-order valence-electron chi connectivity index (χ3n) is 5.82. The van der Waals surface area contributed by atoms with E-state index in [1.807, 2.05) is 0 Å². The summed E-state index contributed by atoms with van der Waals surface area (Å²) in [6.07, 6.45) is 4.03. The van der Waals surface area contributed by atoms with Crippen molar-refractivity contribution in [2.75, 3.05) is 52.5 Å². The first-order chi connectivity index (χ1) is 12.4. The van der Waals surface area contributed by atoms with E-state index in [1.165, 1.54) is 25.8 Å². The highest BCUT2D eigenvalue weighted by Gasteiger charge is 2.28. The van der Waals surface area contributed by atoms with Gasteiger partial charge in [-0.3, -0.25) is 14.8 Å². The van der Waals surface area contributed by atoms with Crippen molar-refractivity contribution >= 4 is 5.96 Å². The fourth-order valence-electron chi connectivity index (χ4n) is 4.02. The molecule has 0 bridgehead atoms. The van der Waals surface area contributed by atoms with Crippen molar-refractivity contribution in [3.63, 3.8) is 0 Å². The van der Waals surface area contributed by atoms with Crippen molar-refractivity contribution in [2.24, 2.45) is 4.99 Å². The average Bonchev–Trinajstić information content (AvgIpc) is 2.65. The number of morpholine rings is 1. The lowest BCUT2D eigenvalue weighted by Gasteiger charge is -2.40. The second-order valence-corrected chi connectivity index (χ2v) is 8.42. The summed E-state index contributed by atoms with van der Waals surface area (Å²) in [5, 5.41) is 6.97. The minimum atomic E-state index is 0.0547. The maximum Gasteiger partial charge on any atom is 0.191 e. The Morgan fingerprint density at radius 3 is 2.58 bits per heavy atom. The minimum Gasteiger partial charge on any atom is -0.379 e. The van der Waals surface area contributed by atoms with Crippen LogP contribution in [0.3, 0.4) is 0 Å². The van der Waals surface area contributed by atoms with Crippen molar-refractivity contribution in [1.29, 1.82) is 0 Å². The molecule has 2 heterocycles. The summed E-state index contributed by atoms with van der Waals surface area (Å²) in [7, 11) is 0. The normalized spacial score (nSPS) is 25.1. The van der Waals surface area contributed by atoms with Crippen LogP contribution in [0.2, 0.25) is 0 Å². The number of rotatable bonds is 7. The van der Waals surface area contributed by atoms with E-state index in [1.54, 1.807) is 0 Å². The molecule has 152 valence electrons. The van der Waals surface area contributed by atoms with Crippen molar-refractivity contribution < 1.29 is 4.74 Å². The molecule has 2 atom stereocenters. The molecule has 2 saturated heterocycles. The van der Waals surface area contributed by atoms with Crippen molar-refractivity contribution in [3.05, 3.63) is 0 Å². The van der Waals surface area contributed by atoms with Crippen LogP contribution in [-0.2, 0) is 4.74 Å². The van der Waals surface area contributed by atoms with Crippen LogP contribution < -0.4 is 10.6 Å². The molecular formula is C20H41N5O. The highest BCUT2D eigenvalue weighted by atomic mass is 16.5. The number of piperidine rings is 1. The Balaban J connectivity index is 1.87. The lowest BCUT2D eigenvalue weighted by atomic mass is 10.0. The van der Waals surface area contributed by atoms with Gasteiger partial charge in [0, 0.05) is 43.8 Å². The third-order valence-corrected chi connectivity index (χ3v) is 5.82. The summed E-state index contributed by atoms with van der Waals surface area (Å²) >= 11 is 0. The van der Waals surface area contributed by atoms with Crippen molar-refractivity contribution in [2.45, 2.75) is 71.5 Å². The van der Waals surface area contributed by atoms with E-state index in [0.29, 0.717) is 12.1 Å². The number of hydrogen-bond donors (Lipinski definition) is 2. The zero-order valence-corrected chi connectivity index (χ0v) is 17.7. The monoisotopic (exact) mass is 367 g/mol. The van der Waals surface area contributed by atoms with E-state index in [2.05, 4.69) is 55.1 Å². The smallest absolute Gasteiger partial charge is 0.191 e. The van der Waals surface area contributed by atoms with Gasteiger partial charge in [-0.25, -0.2) is 0 Å². The van der Waals surface area contributed by atoms with Gasteiger partial charge in [-0.1, -0.05) is 6.42 Å². The van der Waals surface area contributed by atoms with E-state index in [9.17, 15) is 0 Å². The lowest BCUT2D eigenvalue weighted by Crippen LogP contribution is -2.53. The zero-order chi connectivity index (χ0) is 19.0. The van der Waals surface area contributed by atoms with Crippen LogP contribution in [0.25, 0.3) is 0 Å². The van der Waals surface area contributed by atoms with Crippen molar-refractivity contribution in [3.8, 4) is 0 Å². The summed E-state index contributed by atoms with van der Waals surface area (Å²) in [6.45, 7) is 18.9. The molecule has 6 nitrogen and oxygen atoms in total. The number of guanidine groups is 1. The van der Waals surface area contributed by atoms with Gasteiger partial charge in [-0.2, -0.15) is 0 Å². The first kappa shape index (κ1) is 21.5. The molecule has 0 amide bonds. The van der Waals surface area contributed by atoms with Gasteiger partial charge in [-0.15, -0.1) is 0 Å². The number of hydrogen-bond acceptors (Lipinski definition) is 4. The van der Waals surface area contributed by atoms with Crippen LogP contribution in [0.15, 0.2) is 4.99 Å². The van der Waals surface area contributed by atoms with Crippen LogP contribution in [0.1, 0.15) is 53.9 Å². The summed E-state index contributed by atoms with van der Waals surface area (Å²) in [6, 6.07) is 1.22. The molecule has 2 aliphatic rings. The first-order valence-corrected chi connectivity index (χ1v) is 10.5. The highest BCUT2D eigenvalue weighted by Crippen LogP contribution is 2.19. The molecular weight excluding hydrogens is 326 g/mol. The Bertz CT molecular complexity index is 434. The molecule has 26 heavy (non-hydrogen) atoms. The molecule has 0 saturated carbocycles. The summed E-state index contributed by atoms with van der Waals surface area (Å²) in [5.41, 5.74) is 0.0547. The van der Waals surface area contributed by atoms with Crippen molar-refractivity contribution in [1.82, 2.24) is 20.4 Å². The van der Waals surface area contributed by atoms with E-state index in [-0.39, 0.29) is 5.54 Å². The topological polar surface area (TPSA) is 52.1 Å². The van der Waals surface area contributed by atoms with Crippen LogP contribution in [-0.4, -0.2) is 85.9 Å². The first-order valence-electron chi connectivity index (χ1n) is 10.5. The number of likely N-dealkylation sites (tertiary alicyclic amines) is 1. The zero-order valence-electron chi connectivity index (χ0n) is 17.7. The van der Waals surface area contributed by atoms with E-state index in [0.717, 1.165) is 51.9 Å². The number of aliphatic imine (C=N–C) groups is 1. The Labute approximate surface area is 160 Å². The van der Waals surface area contributed by atoms with Gasteiger partial charge in [-0.05, 0) is 54.0 Å². The predicted octanol–water partition coefficient (Wildman–Crippen LogP) is 1.92. The third kappa shape index (κ3) is 6.39. The van der Waals surface area contributed by atoms with Crippen LogP contribution in [0.4, 0.5) is 0 Å². The molecule has 0 radical (unpaired) electrons. The molecule has 2 fully saturated rings. The van der Waals surface area contributed by atoms with Gasteiger partial charge in [0.25, 0.3) is 0 Å². The molecule has 0 spiro atoms. The number of ether oxygens (including phenoxy) is 1. The molecule has 2 unspecified atom stereocenters. The van der Waals surface area contributed by atoms with E-state index >= 15 is 0 Å². The number of nitrogens with zero attached hydrogens (tertiary/aromatic N) is 3. The standard InChI is InChI=1S/C20H41N5O/c1-6-21-19(22-15-18(3)25-10-8-7-9-17(25)2)23-16-20(4,5)24-11-13-26-14-12-24/h17-18H,6-16H2,1-5H3,(H2,21,22,23). The molecule has 2 aliphatic heterocycles. The van der Waals surface area contributed by atoms with E-state index < -0.39 is 0 Å². The van der Waals surface area contributed by atoms with Gasteiger partial charge in [0.15, 0.2) is 5.96 Å². The summed E-state index contributed by atoms with van der Waals surface area (Å²) < 4.78 is 5.48. The molecule has 0 aromatic rings. The summed E-state index contributed by atoms with van der Waals surface area (Å²) in [5.74, 6) is 0.936. The fourth-order valence-corrected chi connectivity index (χ4v) is 4.02. The summed E-state index contributed by atoms with van der Waals surface area (Å²) in [4.78, 5) is 10.0. The quantitative estimate of drug-likeness (QED) is 0.532. The lowest BCUT2D eigenvalue weighted by molar-refractivity contribution is -0.00684. The minimum absolute atomic E-state index is 0.0547. The molecule has 0 aromatic carbocycles. The predicted molar refractivity (Wildman–Crippen MR) is 110 cm³/mol. The van der Waals surface area contributed by atoms with Gasteiger partial charge in [0.2, 0.25) is 0 Å². The Morgan fingerprint density at radius 2 is 1.92 bits per heavy atom. The van der Waals surface area contributed by atoms with Crippen LogP contribution in [0.5, 0.6) is 0 Å². The Hall–Kier alpha value is -0.850. The molecule has 0 aromatic heterocycles. The average molecular weight is 368 g/mol. The molecule has 6 heteroatoms. The second kappa shape index (κ2) is 10.5. The van der Waals surface area contributed by atoms with Gasteiger partial charge >= 0.3 is 0 Å². The fraction of sp³-hybridized carbons (Fsp3) is 0.950. The largest absolute Gasteiger partial charge is 0.379 e. The molecule has 0 aliphatic carbocycles. The van der Waals surface area contributed by atoms with Gasteiger partial charge in [0.1, 0.15) is 0 Å². The molecule has 2 N–H and O–H groups in total. The Kier molecular flexibility index (Phi) is 8.64.